The molecule has 36 heavy (non-hydrogen) atoms. The number of barbiturate groups is 1. The van der Waals surface area contributed by atoms with Crippen LogP contribution >= 0.6 is 27.5 Å². The van der Waals surface area contributed by atoms with E-state index in [-0.39, 0.29) is 35.3 Å². The number of carbonyl (C=O) groups is 3. The van der Waals surface area contributed by atoms with Crippen LogP contribution in [0.1, 0.15) is 18.1 Å². The summed E-state index contributed by atoms with van der Waals surface area (Å²) in [6, 6.07) is 14.8. The Labute approximate surface area is 219 Å². The van der Waals surface area contributed by atoms with Gasteiger partial charge in [0.1, 0.15) is 18.0 Å². The fourth-order valence-electron chi connectivity index (χ4n) is 3.49. The van der Waals surface area contributed by atoms with Crippen molar-refractivity contribution in [2.45, 2.75) is 13.5 Å². The average Bonchev–Trinajstić information content (AvgIpc) is 2.83. The number of hydrogen-bond donors (Lipinski definition) is 1. The lowest BCUT2D eigenvalue weighted by molar-refractivity contribution is -0.122. The highest BCUT2D eigenvalue weighted by Gasteiger charge is 2.36. The van der Waals surface area contributed by atoms with E-state index in [0.29, 0.717) is 16.8 Å². The summed E-state index contributed by atoms with van der Waals surface area (Å²) in [5, 5.41) is 2.31. The Morgan fingerprint density at radius 3 is 2.47 bits per heavy atom. The van der Waals surface area contributed by atoms with Gasteiger partial charge >= 0.3 is 6.03 Å². The zero-order chi connectivity index (χ0) is 25.8. The van der Waals surface area contributed by atoms with E-state index in [1.54, 1.807) is 55.5 Å². The van der Waals surface area contributed by atoms with Gasteiger partial charge in [0.15, 0.2) is 11.5 Å². The smallest absolute Gasteiger partial charge is 0.335 e. The highest BCUT2D eigenvalue weighted by Crippen LogP contribution is 2.38. The molecule has 10 heteroatoms. The van der Waals surface area contributed by atoms with Crippen molar-refractivity contribution in [1.82, 2.24) is 5.32 Å². The number of nitrogens with zero attached hydrogens (tertiary/aromatic N) is 1. The highest BCUT2D eigenvalue weighted by molar-refractivity contribution is 9.10. The van der Waals surface area contributed by atoms with Crippen molar-refractivity contribution < 1.29 is 28.2 Å². The minimum absolute atomic E-state index is 0.0853. The van der Waals surface area contributed by atoms with Crippen molar-refractivity contribution in [1.29, 1.82) is 0 Å². The summed E-state index contributed by atoms with van der Waals surface area (Å²) in [7, 11) is 0. The van der Waals surface area contributed by atoms with E-state index in [4.69, 9.17) is 21.1 Å². The molecule has 1 heterocycles. The molecular weight excluding hydrogens is 555 g/mol. The van der Waals surface area contributed by atoms with Crippen LogP contribution in [0.3, 0.4) is 0 Å². The van der Waals surface area contributed by atoms with Crippen LogP contribution in [0.4, 0.5) is 14.9 Å². The first-order valence-corrected chi connectivity index (χ1v) is 11.9. The normalized spacial score (nSPS) is 14.7. The molecule has 3 aromatic carbocycles. The topological polar surface area (TPSA) is 84.9 Å². The second-order valence-corrected chi connectivity index (χ2v) is 8.90. The Morgan fingerprint density at radius 1 is 1.06 bits per heavy atom. The van der Waals surface area contributed by atoms with Crippen molar-refractivity contribution in [3.05, 3.63) is 92.7 Å². The zero-order valence-corrected chi connectivity index (χ0v) is 21.2. The van der Waals surface area contributed by atoms with Crippen LogP contribution in [0, 0.1) is 5.82 Å². The monoisotopic (exact) mass is 572 g/mol. The predicted molar refractivity (Wildman–Crippen MR) is 136 cm³/mol. The lowest BCUT2D eigenvalue weighted by Gasteiger charge is -2.26. The number of carbonyl (C=O) groups excluding carboxylic acids is 3. The molecular formula is C26H19BrClFN2O5. The van der Waals surface area contributed by atoms with Crippen LogP contribution in [0.2, 0.25) is 5.02 Å². The quantitative estimate of drug-likeness (QED) is 0.282. The molecule has 1 aliphatic heterocycles. The molecule has 0 bridgehead atoms. The summed E-state index contributed by atoms with van der Waals surface area (Å²) in [6.45, 7) is 1.95. The Balaban J connectivity index is 1.66. The van der Waals surface area contributed by atoms with E-state index >= 15 is 0 Å². The number of rotatable bonds is 7. The Bertz CT molecular complexity index is 1380. The van der Waals surface area contributed by atoms with E-state index < -0.39 is 23.7 Å². The Hall–Kier alpha value is -3.69. The largest absolute Gasteiger partial charge is 0.490 e. The second kappa shape index (κ2) is 10.9. The van der Waals surface area contributed by atoms with Gasteiger partial charge in [-0.05, 0) is 61.0 Å². The van der Waals surface area contributed by atoms with Gasteiger partial charge in [0.25, 0.3) is 11.8 Å². The highest BCUT2D eigenvalue weighted by atomic mass is 79.9. The zero-order valence-electron chi connectivity index (χ0n) is 18.9. The molecule has 1 saturated heterocycles. The molecule has 0 unspecified atom stereocenters. The molecule has 1 aliphatic rings. The summed E-state index contributed by atoms with van der Waals surface area (Å²) in [5.74, 6) is -1.61. The van der Waals surface area contributed by atoms with Gasteiger partial charge in [0.05, 0.1) is 17.3 Å². The van der Waals surface area contributed by atoms with Gasteiger partial charge < -0.3 is 9.47 Å². The van der Waals surface area contributed by atoms with E-state index in [1.807, 2.05) is 0 Å². The minimum Gasteiger partial charge on any atom is -0.490 e. The van der Waals surface area contributed by atoms with Gasteiger partial charge in [-0.25, -0.2) is 14.1 Å². The summed E-state index contributed by atoms with van der Waals surface area (Å²) in [5.41, 5.74) is 0.731. The number of nitrogens with one attached hydrogen (secondary N) is 1. The van der Waals surface area contributed by atoms with Crippen LogP contribution in [0.15, 0.2) is 70.7 Å². The molecule has 1 N–H and O–H groups in total. The molecule has 3 aromatic rings. The van der Waals surface area contributed by atoms with Gasteiger partial charge in [0.2, 0.25) is 0 Å². The maximum absolute atomic E-state index is 14.0. The molecule has 4 rings (SSSR count). The molecule has 0 aliphatic carbocycles. The number of hydrogen-bond acceptors (Lipinski definition) is 5. The van der Waals surface area contributed by atoms with Crippen molar-refractivity contribution in [3.63, 3.8) is 0 Å². The SMILES string of the molecule is CCOc1cc(/C=C2\C(=O)NC(=O)N(c3ccc(Br)cc3)C2=O)cc(Cl)c1OCc1ccccc1F. The molecule has 4 amide bonds. The predicted octanol–water partition coefficient (Wildman–Crippen LogP) is 5.89. The first-order chi connectivity index (χ1) is 17.3. The minimum atomic E-state index is -0.852. The lowest BCUT2D eigenvalue weighted by Crippen LogP contribution is -2.54. The average molecular weight is 574 g/mol. The third kappa shape index (κ3) is 5.42. The van der Waals surface area contributed by atoms with Crippen molar-refractivity contribution in [3.8, 4) is 11.5 Å². The third-order valence-electron chi connectivity index (χ3n) is 5.16. The standard InChI is InChI=1S/C26H19BrClFN2O5/c1-2-35-22-13-15(12-20(28)23(22)36-14-16-5-3-4-6-21(16)29)11-19-24(32)30-26(34)31(25(19)33)18-9-7-17(27)8-10-18/h3-13H,2,14H2,1H3,(H,30,32,34)/b19-11+. The number of amides is 4. The van der Waals surface area contributed by atoms with E-state index in [2.05, 4.69) is 21.2 Å². The molecule has 184 valence electrons. The fraction of sp³-hybridized carbons (Fsp3) is 0.115. The van der Waals surface area contributed by atoms with Crippen LogP contribution in [0.25, 0.3) is 6.08 Å². The van der Waals surface area contributed by atoms with Gasteiger partial charge in [-0.15, -0.1) is 0 Å². The van der Waals surface area contributed by atoms with Gasteiger partial charge in [0, 0.05) is 10.0 Å². The Morgan fingerprint density at radius 2 is 1.78 bits per heavy atom. The maximum Gasteiger partial charge on any atom is 0.335 e. The number of urea groups is 1. The number of anilines is 1. The summed E-state index contributed by atoms with van der Waals surface area (Å²) < 4.78 is 26.2. The van der Waals surface area contributed by atoms with Crippen molar-refractivity contribution >= 4 is 57.1 Å². The molecule has 0 spiro atoms. The summed E-state index contributed by atoms with van der Waals surface area (Å²) in [4.78, 5) is 38.9. The molecule has 0 saturated carbocycles. The number of ether oxygens (including phenoxy) is 2. The maximum atomic E-state index is 14.0. The lowest BCUT2D eigenvalue weighted by atomic mass is 10.1. The van der Waals surface area contributed by atoms with Gasteiger partial charge in [-0.1, -0.05) is 45.7 Å². The number of halogens is 3. The second-order valence-electron chi connectivity index (χ2n) is 7.58. The van der Waals surface area contributed by atoms with Gasteiger partial charge in [-0.3, -0.25) is 14.9 Å². The first-order valence-electron chi connectivity index (χ1n) is 10.8. The summed E-state index contributed by atoms with van der Waals surface area (Å²) in [6.07, 6.45) is 1.31. The molecule has 1 fully saturated rings. The third-order valence-corrected chi connectivity index (χ3v) is 5.97. The van der Waals surface area contributed by atoms with Crippen molar-refractivity contribution in [2.75, 3.05) is 11.5 Å². The number of imide groups is 2. The van der Waals surface area contributed by atoms with Crippen LogP contribution in [0.5, 0.6) is 11.5 Å². The van der Waals surface area contributed by atoms with Crippen LogP contribution < -0.4 is 19.7 Å². The van der Waals surface area contributed by atoms with Gasteiger partial charge in [-0.2, -0.15) is 0 Å². The van der Waals surface area contributed by atoms with E-state index in [9.17, 15) is 18.8 Å². The van der Waals surface area contributed by atoms with Crippen LogP contribution in [-0.2, 0) is 16.2 Å². The van der Waals surface area contributed by atoms with Crippen LogP contribution in [-0.4, -0.2) is 24.5 Å². The van der Waals surface area contributed by atoms with Crippen molar-refractivity contribution in [2.24, 2.45) is 0 Å². The van der Waals surface area contributed by atoms with E-state index in [0.717, 1.165) is 9.37 Å². The molecule has 7 nitrogen and oxygen atoms in total. The first kappa shape index (κ1) is 25.4. The molecule has 0 atom stereocenters. The molecule has 0 aromatic heterocycles. The molecule has 0 radical (unpaired) electrons. The van der Waals surface area contributed by atoms with E-state index in [1.165, 1.54) is 18.2 Å². The fourth-order valence-corrected chi connectivity index (χ4v) is 4.03. The number of benzene rings is 3. The summed E-state index contributed by atoms with van der Waals surface area (Å²) >= 11 is 9.75. The Kier molecular flexibility index (Phi) is 7.71.